The van der Waals surface area contributed by atoms with E-state index in [2.05, 4.69) is 128 Å². The molecule has 0 atom stereocenters. The Morgan fingerprint density at radius 3 is 1.46 bits per heavy atom. The molecule has 0 fully saturated rings. The summed E-state index contributed by atoms with van der Waals surface area (Å²) in [5.41, 5.74) is 12.5. The second-order valence-electron chi connectivity index (χ2n) is 12.5. The summed E-state index contributed by atoms with van der Waals surface area (Å²) in [5.74, 6) is 1.84. The third kappa shape index (κ3) is 5.43. The molecule has 0 saturated heterocycles. The first-order chi connectivity index (χ1) is 24.7. The zero-order valence-electron chi connectivity index (χ0n) is 27.4. The normalized spacial score (nSPS) is 11.3. The highest BCUT2D eigenvalue weighted by Gasteiger charge is 2.19. The molecule has 0 radical (unpaired) electrons. The molecule has 50 heavy (non-hydrogen) atoms. The number of aryl methyl sites for hydroxylation is 1. The molecule has 0 amide bonds. The van der Waals surface area contributed by atoms with Crippen molar-refractivity contribution in [2.45, 2.75) is 6.92 Å². The molecule has 0 saturated carbocycles. The van der Waals surface area contributed by atoms with Gasteiger partial charge in [0.25, 0.3) is 0 Å². The molecule has 9 aromatic rings. The second-order valence-corrected chi connectivity index (χ2v) is 12.5. The Kier molecular flexibility index (Phi) is 7.33. The van der Waals surface area contributed by atoms with Gasteiger partial charge in [-0.05, 0) is 40.8 Å². The van der Waals surface area contributed by atoms with Crippen LogP contribution in [0.4, 0.5) is 0 Å². The Labute approximate surface area is 290 Å². The molecule has 0 N–H and O–H groups in total. The summed E-state index contributed by atoms with van der Waals surface area (Å²) >= 11 is 0. The van der Waals surface area contributed by atoms with Crippen LogP contribution in [-0.2, 0) is 0 Å². The van der Waals surface area contributed by atoms with Crippen LogP contribution in [0.25, 0.3) is 89.5 Å². The van der Waals surface area contributed by atoms with Crippen LogP contribution in [-0.4, -0.2) is 15.0 Å². The van der Waals surface area contributed by atoms with E-state index < -0.39 is 0 Å². The first-order valence-corrected chi connectivity index (χ1v) is 16.8. The number of nitrogens with zero attached hydrogens (tertiary/aromatic N) is 3. The van der Waals surface area contributed by atoms with Crippen molar-refractivity contribution in [1.29, 1.82) is 0 Å². The Morgan fingerprint density at radius 1 is 0.360 bits per heavy atom. The van der Waals surface area contributed by atoms with Gasteiger partial charge in [0.05, 0.1) is 0 Å². The SMILES string of the molecule is Cc1ccc(-c2ccc(-c3cccc4c3oc3cccc(-c5nc(-c6ccccc6)nc(-c6ccc(-c7ccccc7)cc6)n5)c34)cc2)cc1. The van der Waals surface area contributed by atoms with Crippen molar-refractivity contribution in [1.82, 2.24) is 15.0 Å². The first kappa shape index (κ1) is 29.5. The first-order valence-electron chi connectivity index (χ1n) is 16.8. The fraction of sp³-hybridized carbons (Fsp3) is 0.0217. The standard InChI is InChI=1S/C46H31N3O/c1-30-18-20-32(21-19-30)34-22-26-35(27-23-34)38-14-8-15-39-42-40(16-9-17-41(42)50-43(38)39)46-48-44(36-12-6-3-7-13-36)47-45(49-46)37-28-24-33(25-29-37)31-10-4-2-5-11-31/h2-29H,1H3. The molecule has 4 heteroatoms. The van der Waals surface area contributed by atoms with Gasteiger partial charge < -0.3 is 4.42 Å². The number of para-hydroxylation sites is 1. The highest BCUT2D eigenvalue weighted by atomic mass is 16.3. The third-order valence-corrected chi connectivity index (χ3v) is 9.26. The van der Waals surface area contributed by atoms with Gasteiger partial charge in [-0.3, -0.25) is 0 Å². The van der Waals surface area contributed by atoms with Gasteiger partial charge in [0, 0.05) is 33.0 Å². The molecule has 2 heterocycles. The lowest BCUT2D eigenvalue weighted by molar-refractivity contribution is 0.670. The number of aromatic nitrogens is 3. The van der Waals surface area contributed by atoms with Gasteiger partial charge in [0.15, 0.2) is 17.5 Å². The van der Waals surface area contributed by atoms with Crippen LogP contribution in [0.2, 0.25) is 0 Å². The van der Waals surface area contributed by atoms with E-state index in [0.717, 1.165) is 55.3 Å². The van der Waals surface area contributed by atoms with E-state index in [0.29, 0.717) is 17.5 Å². The summed E-state index contributed by atoms with van der Waals surface area (Å²) in [7, 11) is 0. The maximum absolute atomic E-state index is 6.64. The van der Waals surface area contributed by atoms with Crippen LogP contribution < -0.4 is 0 Å². The molecule has 236 valence electrons. The maximum Gasteiger partial charge on any atom is 0.164 e. The van der Waals surface area contributed by atoms with Gasteiger partial charge in [-0.2, -0.15) is 0 Å². The predicted octanol–water partition coefficient (Wildman–Crippen LogP) is 12.1. The van der Waals surface area contributed by atoms with Gasteiger partial charge in [-0.1, -0.05) is 169 Å². The molecular weight excluding hydrogens is 611 g/mol. The Morgan fingerprint density at radius 2 is 0.820 bits per heavy atom. The van der Waals surface area contributed by atoms with Gasteiger partial charge in [0.1, 0.15) is 11.2 Å². The highest BCUT2D eigenvalue weighted by Crippen LogP contribution is 2.40. The summed E-state index contributed by atoms with van der Waals surface area (Å²) in [4.78, 5) is 15.1. The third-order valence-electron chi connectivity index (χ3n) is 9.26. The zero-order valence-corrected chi connectivity index (χ0v) is 27.4. The zero-order chi connectivity index (χ0) is 33.4. The minimum Gasteiger partial charge on any atom is -0.455 e. The summed E-state index contributed by atoms with van der Waals surface area (Å²) in [6.07, 6.45) is 0. The van der Waals surface area contributed by atoms with Crippen molar-refractivity contribution in [3.8, 4) is 67.5 Å². The van der Waals surface area contributed by atoms with Crippen molar-refractivity contribution in [3.63, 3.8) is 0 Å². The smallest absolute Gasteiger partial charge is 0.164 e. The number of fused-ring (bicyclic) bond motifs is 3. The summed E-state index contributed by atoms with van der Waals surface area (Å²) in [6.45, 7) is 2.11. The molecule has 0 aliphatic carbocycles. The van der Waals surface area contributed by atoms with Crippen molar-refractivity contribution in [2.75, 3.05) is 0 Å². The van der Waals surface area contributed by atoms with Crippen molar-refractivity contribution in [3.05, 3.63) is 175 Å². The van der Waals surface area contributed by atoms with Crippen molar-refractivity contribution in [2.24, 2.45) is 0 Å². The largest absolute Gasteiger partial charge is 0.455 e. The van der Waals surface area contributed by atoms with Crippen LogP contribution in [0.5, 0.6) is 0 Å². The van der Waals surface area contributed by atoms with Crippen LogP contribution in [0.15, 0.2) is 174 Å². The van der Waals surface area contributed by atoms with Gasteiger partial charge in [-0.25, -0.2) is 15.0 Å². The second kappa shape index (κ2) is 12.4. The summed E-state index contributed by atoms with van der Waals surface area (Å²) < 4.78 is 6.64. The van der Waals surface area contributed by atoms with E-state index in [1.54, 1.807) is 0 Å². The minimum absolute atomic E-state index is 0.599. The van der Waals surface area contributed by atoms with E-state index in [1.807, 2.05) is 48.5 Å². The summed E-state index contributed by atoms with van der Waals surface area (Å²) in [5, 5.41) is 2.00. The van der Waals surface area contributed by atoms with E-state index in [4.69, 9.17) is 19.4 Å². The lowest BCUT2D eigenvalue weighted by Gasteiger charge is -2.10. The van der Waals surface area contributed by atoms with Gasteiger partial charge >= 0.3 is 0 Å². The highest BCUT2D eigenvalue weighted by molar-refractivity contribution is 6.15. The average molecular weight is 642 g/mol. The number of benzene rings is 7. The van der Waals surface area contributed by atoms with Gasteiger partial charge in [0.2, 0.25) is 0 Å². The molecule has 0 spiro atoms. The topological polar surface area (TPSA) is 51.8 Å². The fourth-order valence-electron chi connectivity index (χ4n) is 6.63. The Bertz CT molecular complexity index is 2610. The van der Waals surface area contributed by atoms with E-state index in [9.17, 15) is 0 Å². The maximum atomic E-state index is 6.64. The van der Waals surface area contributed by atoms with Crippen LogP contribution >= 0.6 is 0 Å². The van der Waals surface area contributed by atoms with E-state index in [1.165, 1.54) is 22.3 Å². The van der Waals surface area contributed by atoms with Crippen molar-refractivity contribution >= 4 is 21.9 Å². The number of hydrogen-bond acceptors (Lipinski definition) is 4. The molecule has 0 bridgehead atoms. The quantitative estimate of drug-likeness (QED) is 0.181. The Hall–Kier alpha value is -6.65. The fourth-order valence-corrected chi connectivity index (χ4v) is 6.63. The minimum atomic E-state index is 0.599. The number of rotatable bonds is 6. The molecule has 9 rings (SSSR count). The lowest BCUT2D eigenvalue weighted by atomic mass is 9.97. The molecule has 0 aliphatic rings. The van der Waals surface area contributed by atoms with Gasteiger partial charge in [-0.15, -0.1) is 0 Å². The number of furan rings is 1. The van der Waals surface area contributed by atoms with E-state index >= 15 is 0 Å². The molecule has 7 aromatic carbocycles. The Balaban J connectivity index is 1.17. The molecule has 4 nitrogen and oxygen atoms in total. The predicted molar refractivity (Wildman–Crippen MR) is 204 cm³/mol. The van der Waals surface area contributed by atoms with Crippen LogP contribution in [0.1, 0.15) is 5.56 Å². The monoisotopic (exact) mass is 641 g/mol. The van der Waals surface area contributed by atoms with E-state index in [-0.39, 0.29) is 0 Å². The van der Waals surface area contributed by atoms with Crippen LogP contribution in [0.3, 0.4) is 0 Å². The average Bonchev–Trinajstić information content (AvgIpc) is 3.58. The molecule has 0 unspecified atom stereocenters. The van der Waals surface area contributed by atoms with Crippen molar-refractivity contribution < 1.29 is 4.42 Å². The number of hydrogen-bond donors (Lipinski definition) is 0. The molecule has 0 aliphatic heterocycles. The molecular formula is C46H31N3O. The summed E-state index contributed by atoms with van der Waals surface area (Å²) in [6, 6.07) is 58.6. The lowest BCUT2D eigenvalue weighted by Crippen LogP contribution is -2.00. The van der Waals surface area contributed by atoms with Crippen LogP contribution in [0, 0.1) is 6.92 Å². The molecule has 2 aromatic heterocycles.